The third-order valence-corrected chi connectivity index (χ3v) is 8.13. The lowest BCUT2D eigenvalue weighted by Gasteiger charge is -2.44. The number of benzene rings is 1. The van der Waals surface area contributed by atoms with Crippen LogP contribution < -0.4 is 4.74 Å². The molecule has 0 radical (unpaired) electrons. The minimum absolute atomic E-state index is 0. The number of halogens is 1. The minimum atomic E-state index is 0. The molecule has 6 rings (SSSR count). The molecule has 168 valence electrons. The molecule has 3 fully saturated rings. The standard InChI is InChI=1S/C25H33N3O2.ClH/c29-25(27-14-13-26-12-5-4-9-19(26)15-27)21-16-28-22(18-7-2-1-3-8-18)17-30-23-11-6-10-20(21)24(23)28;/h6,10-11,16,18-19,22H,1-5,7-9,12-15,17H2;1H/t19-,22+;/m0./s1. The molecule has 6 heteroatoms. The number of ether oxygens (including phenoxy) is 1. The summed E-state index contributed by atoms with van der Waals surface area (Å²) in [5.74, 6) is 1.82. The van der Waals surface area contributed by atoms with Gasteiger partial charge in [-0.3, -0.25) is 9.69 Å². The van der Waals surface area contributed by atoms with Crippen LogP contribution in [0, 0.1) is 5.92 Å². The van der Waals surface area contributed by atoms with Crippen molar-refractivity contribution in [2.24, 2.45) is 5.92 Å². The lowest BCUT2D eigenvalue weighted by Crippen LogP contribution is -2.56. The van der Waals surface area contributed by atoms with Gasteiger partial charge >= 0.3 is 0 Å². The molecule has 1 amide bonds. The van der Waals surface area contributed by atoms with Crippen molar-refractivity contribution in [2.45, 2.75) is 63.5 Å². The molecule has 0 spiro atoms. The summed E-state index contributed by atoms with van der Waals surface area (Å²) < 4.78 is 8.63. The Labute approximate surface area is 191 Å². The molecule has 4 heterocycles. The van der Waals surface area contributed by atoms with Gasteiger partial charge in [0, 0.05) is 37.3 Å². The predicted molar refractivity (Wildman–Crippen MR) is 125 cm³/mol. The van der Waals surface area contributed by atoms with Gasteiger partial charge in [-0.05, 0) is 44.2 Å². The third kappa shape index (κ3) is 3.64. The zero-order valence-electron chi connectivity index (χ0n) is 18.3. The second-order valence-electron chi connectivity index (χ2n) is 9.82. The van der Waals surface area contributed by atoms with Crippen LogP contribution in [-0.4, -0.2) is 59.1 Å². The summed E-state index contributed by atoms with van der Waals surface area (Å²) in [5, 5.41) is 1.07. The molecule has 3 aliphatic heterocycles. The summed E-state index contributed by atoms with van der Waals surface area (Å²) in [6.07, 6.45) is 12.6. The van der Waals surface area contributed by atoms with Crippen molar-refractivity contribution in [3.63, 3.8) is 0 Å². The quantitative estimate of drug-likeness (QED) is 0.663. The first-order valence-electron chi connectivity index (χ1n) is 12.1. The molecule has 2 atom stereocenters. The molecule has 0 N–H and O–H groups in total. The van der Waals surface area contributed by atoms with E-state index >= 15 is 0 Å². The highest BCUT2D eigenvalue weighted by Gasteiger charge is 2.35. The maximum absolute atomic E-state index is 13.7. The van der Waals surface area contributed by atoms with Crippen molar-refractivity contribution in [1.82, 2.24) is 14.4 Å². The van der Waals surface area contributed by atoms with E-state index in [-0.39, 0.29) is 18.3 Å². The third-order valence-electron chi connectivity index (χ3n) is 8.13. The number of amides is 1. The number of carbonyl (C=O) groups excluding carboxylic acids is 1. The first-order valence-corrected chi connectivity index (χ1v) is 12.1. The zero-order valence-corrected chi connectivity index (χ0v) is 19.1. The molecule has 31 heavy (non-hydrogen) atoms. The van der Waals surface area contributed by atoms with Crippen molar-refractivity contribution >= 4 is 29.2 Å². The fourth-order valence-electron chi connectivity index (χ4n) is 6.48. The monoisotopic (exact) mass is 443 g/mol. The van der Waals surface area contributed by atoms with E-state index in [9.17, 15) is 4.79 Å². The number of para-hydroxylation sites is 1. The molecule has 1 aromatic heterocycles. The summed E-state index contributed by atoms with van der Waals surface area (Å²) in [6.45, 7) is 4.70. The normalized spacial score (nSPS) is 26.8. The van der Waals surface area contributed by atoms with Gasteiger partial charge in [0.1, 0.15) is 12.4 Å². The van der Waals surface area contributed by atoms with Gasteiger partial charge in [-0.15, -0.1) is 12.4 Å². The minimum Gasteiger partial charge on any atom is -0.489 e. The predicted octanol–water partition coefficient (Wildman–Crippen LogP) is 4.89. The lowest BCUT2D eigenvalue weighted by atomic mass is 9.83. The van der Waals surface area contributed by atoms with Crippen LogP contribution in [0.4, 0.5) is 0 Å². The first-order chi connectivity index (χ1) is 14.8. The number of rotatable bonds is 2. The maximum Gasteiger partial charge on any atom is 0.256 e. The van der Waals surface area contributed by atoms with Gasteiger partial charge in [-0.25, -0.2) is 0 Å². The topological polar surface area (TPSA) is 37.7 Å². The van der Waals surface area contributed by atoms with E-state index in [1.54, 1.807) is 0 Å². The van der Waals surface area contributed by atoms with Gasteiger partial charge in [-0.1, -0.05) is 37.8 Å². The molecule has 0 bridgehead atoms. The average molecular weight is 444 g/mol. The van der Waals surface area contributed by atoms with Crippen molar-refractivity contribution in [3.8, 4) is 5.75 Å². The van der Waals surface area contributed by atoms with E-state index < -0.39 is 0 Å². The summed E-state index contributed by atoms with van der Waals surface area (Å²) >= 11 is 0. The highest BCUT2D eigenvalue weighted by molar-refractivity contribution is 6.08. The number of hydrogen-bond donors (Lipinski definition) is 0. The number of aromatic nitrogens is 1. The Bertz CT molecular complexity index is 952. The second kappa shape index (κ2) is 8.67. The van der Waals surface area contributed by atoms with E-state index in [4.69, 9.17) is 4.74 Å². The van der Waals surface area contributed by atoms with Crippen LogP contribution in [-0.2, 0) is 0 Å². The molecule has 2 saturated heterocycles. The van der Waals surface area contributed by atoms with Gasteiger partial charge in [0.2, 0.25) is 0 Å². The van der Waals surface area contributed by atoms with E-state index in [1.807, 2.05) is 6.07 Å². The van der Waals surface area contributed by atoms with Crippen LogP contribution in [0.3, 0.4) is 0 Å². The summed E-state index contributed by atoms with van der Waals surface area (Å²) in [7, 11) is 0. The summed E-state index contributed by atoms with van der Waals surface area (Å²) in [4.78, 5) is 18.4. The van der Waals surface area contributed by atoms with Crippen LogP contribution >= 0.6 is 12.4 Å². The van der Waals surface area contributed by atoms with Crippen molar-refractivity contribution < 1.29 is 9.53 Å². The molecule has 5 nitrogen and oxygen atoms in total. The van der Waals surface area contributed by atoms with Crippen LogP contribution in [0.25, 0.3) is 10.9 Å². The second-order valence-corrected chi connectivity index (χ2v) is 9.82. The first kappa shape index (κ1) is 21.1. The largest absolute Gasteiger partial charge is 0.489 e. The molecule has 1 aromatic carbocycles. The molecule has 2 aromatic rings. The van der Waals surface area contributed by atoms with Gasteiger partial charge in [0.25, 0.3) is 5.91 Å². The molecule has 1 aliphatic carbocycles. The Balaban J connectivity index is 0.00000204. The lowest BCUT2D eigenvalue weighted by molar-refractivity contribution is 0.0373. The fraction of sp³-hybridized carbons (Fsp3) is 0.640. The molecule has 1 saturated carbocycles. The van der Waals surface area contributed by atoms with Crippen LogP contribution in [0.5, 0.6) is 5.75 Å². The van der Waals surface area contributed by atoms with Gasteiger partial charge in [0.15, 0.2) is 0 Å². The Morgan fingerprint density at radius 2 is 1.81 bits per heavy atom. The Hall–Kier alpha value is -1.72. The number of piperidine rings is 1. The Morgan fingerprint density at radius 3 is 2.68 bits per heavy atom. The molecule has 0 unspecified atom stereocenters. The highest BCUT2D eigenvalue weighted by Crippen LogP contribution is 2.42. The van der Waals surface area contributed by atoms with Gasteiger partial charge in [0.05, 0.1) is 17.1 Å². The summed E-state index contributed by atoms with van der Waals surface area (Å²) in [6, 6.07) is 7.13. The van der Waals surface area contributed by atoms with Gasteiger partial charge < -0.3 is 14.2 Å². The smallest absolute Gasteiger partial charge is 0.256 e. The van der Waals surface area contributed by atoms with Crippen LogP contribution in [0.1, 0.15) is 67.8 Å². The van der Waals surface area contributed by atoms with E-state index in [0.29, 0.717) is 18.0 Å². The van der Waals surface area contributed by atoms with Crippen molar-refractivity contribution in [1.29, 1.82) is 0 Å². The van der Waals surface area contributed by atoms with Gasteiger partial charge in [-0.2, -0.15) is 0 Å². The number of fused-ring (bicyclic) bond motifs is 1. The zero-order chi connectivity index (χ0) is 20.1. The summed E-state index contributed by atoms with van der Waals surface area (Å²) in [5.41, 5.74) is 2.02. The van der Waals surface area contributed by atoms with E-state index in [1.165, 1.54) is 57.9 Å². The Morgan fingerprint density at radius 1 is 0.968 bits per heavy atom. The Kier molecular flexibility index (Phi) is 5.91. The highest BCUT2D eigenvalue weighted by atomic mass is 35.5. The molecule has 4 aliphatic rings. The molecular formula is C25H34ClN3O2. The van der Waals surface area contributed by atoms with Crippen molar-refractivity contribution in [2.75, 3.05) is 32.8 Å². The van der Waals surface area contributed by atoms with Crippen LogP contribution in [0.2, 0.25) is 0 Å². The number of nitrogens with zero attached hydrogens (tertiary/aromatic N) is 3. The van der Waals surface area contributed by atoms with Crippen LogP contribution in [0.15, 0.2) is 24.4 Å². The van der Waals surface area contributed by atoms with E-state index in [0.717, 1.165) is 48.5 Å². The van der Waals surface area contributed by atoms with E-state index in [2.05, 4.69) is 32.7 Å². The average Bonchev–Trinajstić information content (AvgIpc) is 3.20. The number of piperazine rings is 1. The molecular weight excluding hydrogens is 410 g/mol. The SMILES string of the molecule is Cl.O=C(c1cn2c3c(cccc13)OC[C@@H]2C1CCCCC1)N1CCN2CCCC[C@H]2C1. The fourth-order valence-corrected chi connectivity index (χ4v) is 6.48. The maximum atomic E-state index is 13.7. The number of hydrogen-bond acceptors (Lipinski definition) is 3. The number of carbonyl (C=O) groups is 1. The van der Waals surface area contributed by atoms with Crippen molar-refractivity contribution in [3.05, 3.63) is 30.0 Å².